The zero-order valence-electron chi connectivity index (χ0n) is 11.4. The SMILES string of the molecule is C[C@@H](CCO)NCC1(c2ccccc2)CCCC1. The third kappa shape index (κ3) is 3.12. The Hall–Kier alpha value is -0.860. The second-order valence-corrected chi connectivity index (χ2v) is 5.65. The van der Waals surface area contributed by atoms with E-state index in [0.717, 1.165) is 13.0 Å². The van der Waals surface area contributed by atoms with Crippen LogP contribution in [0.3, 0.4) is 0 Å². The minimum absolute atomic E-state index is 0.270. The summed E-state index contributed by atoms with van der Waals surface area (Å²) in [7, 11) is 0. The molecule has 0 heterocycles. The van der Waals surface area contributed by atoms with Crippen LogP contribution in [0, 0.1) is 0 Å². The van der Waals surface area contributed by atoms with Crippen molar-refractivity contribution in [1.82, 2.24) is 5.32 Å². The van der Waals surface area contributed by atoms with Crippen LogP contribution >= 0.6 is 0 Å². The van der Waals surface area contributed by atoms with Crippen LogP contribution < -0.4 is 5.32 Å². The molecule has 18 heavy (non-hydrogen) atoms. The van der Waals surface area contributed by atoms with E-state index in [-0.39, 0.29) is 6.61 Å². The molecular formula is C16H25NO. The normalized spacial score (nSPS) is 19.9. The first-order valence-corrected chi connectivity index (χ1v) is 7.17. The number of aliphatic hydroxyl groups is 1. The highest BCUT2D eigenvalue weighted by atomic mass is 16.3. The largest absolute Gasteiger partial charge is 0.396 e. The highest BCUT2D eigenvalue weighted by Crippen LogP contribution is 2.40. The summed E-state index contributed by atoms with van der Waals surface area (Å²) in [5, 5.41) is 12.6. The van der Waals surface area contributed by atoms with Crippen LogP contribution in [-0.4, -0.2) is 24.3 Å². The highest BCUT2D eigenvalue weighted by molar-refractivity contribution is 5.27. The number of aliphatic hydroxyl groups excluding tert-OH is 1. The fourth-order valence-corrected chi connectivity index (χ4v) is 3.08. The Balaban J connectivity index is 2.04. The van der Waals surface area contributed by atoms with Crippen LogP contribution in [-0.2, 0) is 5.41 Å². The van der Waals surface area contributed by atoms with Crippen LogP contribution in [0.2, 0.25) is 0 Å². The van der Waals surface area contributed by atoms with Crippen LogP contribution in [0.25, 0.3) is 0 Å². The van der Waals surface area contributed by atoms with Gasteiger partial charge in [0.25, 0.3) is 0 Å². The van der Waals surface area contributed by atoms with Crippen molar-refractivity contribution in [3.05, 3.63) is 35.9 Å². The van der Waals surface area contributed by atoms with Gasteiger partial charge in [0, 0.05) is 24.6 Å². The predicted octanol–water partition coefficient (Wildman–Crippen LogP) is 2.86. The fourth-order valence-electron chi connectivity index (χ4n) is 3.08. The minimum Gasteiger partial charge on any atom is -0.396 e. The quantitative estimate of drug-likeness (QED) is 0.810. The summed E-state index contributed by atoms with van der Waals surface area (Å²) in [6.07, 6.45) is 6.09. The van der Waals surface area contributed by atoms with Gasteiger partial charge in [-0.3, -0.25) is 0 Å². The first kappa shape index (κ1) is 13.6. The molecule has 1 aliphatic rings. The Kier molecular flexibility index (Phi) is 4.79. The molecule has 2 heteroatoms. The molecule has 1 atom stereocenters. The van der Waals surface area contributed by atoms with E-state index < -0.39 is 0 Å². The van der Waals surface area contributed by atoms with Gasteiger partial charge in [-0.05, 0) is 31.7 Å². The lowest BCUT2D eigenvalue weighted by Gasteiger charge is -2.31. The lowest BCUT2D eigenvalue weighted by molar-refractivity contribution is 0.262. The van der Waals surface area contributed by atoms with Crippen LogP contribution in [0.4, 0.5) is 0 Å². The number of nitrogens with one attached hydrogen (secondary N) is 1. The van der Waals surface area contributed by atoms with E-state index in [0.29, 0.717) is 11.5 Å². The molecule has 1 saturated carbocycles. The van der Waals surface area contributed by atoms with Crippen LogP contribution in [0.5, 0.6) is 0 Å². The molecule has 0 spiro atoms. The second kappa shape index (κ2) is 6.35. The van der Waals surface area contributed by atoms with E-state index in [9.17, 15) is 0 Å². The van der Waals surface area contributed by atoms with E-state index in [1.54, 1.807) is 0 Å². The van der Waals surface area contributed by atoms with Gasteiger partial charge in [-0.15, -0.1) is 0 Å². The summed E-state index contributed by atoms with van der Waals surface area (Å²) in [6.45, 7) is 3.47. The molecular weight excluding hydrogens is 222 g/mol. The third-order valence-corrected chi connectivity index (χ3v) is 4.30. The maximum absolute atomic E-state index is 8.97. The van der Waals surface area contributed by atoms with Gasteiger partial charge < -0.3 is 10.4 Å². The summed E-state index contributed by atoms with van der Waals surface area (Å²) >= 11 is 0. The molecule has 0 radical (unpaired) electrons. The molecule has 0 bridgehead atoms. The molecule has 2 rings (SSSR count). The molecule has 100 valence electrons. The van der Waals surface area contributed by atoms with Crippen molar-refractivity contribution >= 4 is 0 Å². The third-order valence-electron chi connectivity index (χ3n) is 4.30. The van der Waals surface area contributed by atoms with Gasteiger partial charge in [0.2, 0.25) is 0 Å². The van der Waals surface area contributed by atoms with Crippen molar-refractivity contribution in [2.24, 2.45) is 0 Å². The maximum atomic E-state index is 8.97. The van der Waals surface area contributed by atoms with Crippen LogP contribution in [0.1, 0.15) is 44.6 Å². The summed E-state index contributed by atoms with van der Waals surface area (Å²) in [4.78, 5) is 0. The van der Waals surface area contributed by atoms with Crippen molar-refractivity contribution in [2.45, 2.75) is 50.5 Å². The number of hydrogen-bond acceptors (Lipinski definition) is 2. The fraction of sp³-hybridized carbons (Fsp3) is 0.625. The van der Waals surface area contributed by atoms with Gasteiger partial charge in [0.1, 0.15) is 0 Å². The zero-order valence-corrected chi connectivity index (χ0v) is 11.4. The molecule has 0 aliphatic heterocycles. The Bertz CT molecular complexity index is 343. The summed E-state index contributed by atoms with van der Waals surface area (Å²) < 4.78 is 0. The first-order valence-electron chi connectivity index (χ1n) is 7.17. The smallest absolute Gasteiger partial charge is 0.0445 e. The lowest BCUT2D eigenvalue weighted by Crippen LogP contribution is -2.40. The Morgan fingerprint density at radius 3 is 2.50 bits per heavy atom. The Labute approximate surface area is 110 Å². The molecule has 1 aliphatic carbocycles. The van der Waals surface area contributed by atoms with Gasteiger partial charge >= 0.3 is 0 Å². The van der Waals surface area contributed by atoms with Crippen molar-refractivity contribution in [3.8, 4) is 0 Å². The molecule has 2 nitrogen and oxygen atoms in total. The maximum Gasteiger partial charge on any atom is 0.0445 e. The number of hydrogen-bond donors (Lipinski definition) is 2. The minimum atomic E-state index is 0.270. The second-order valence-electron chi connectivity index (χ2n) is 5.65. The molecule has 0 aromatic heterocycles. The van der Waals surface area contributed by atoms with Crippen molar-refractivity contribution < 1.29 is 5.11 Å². The highest BCUT2D eigenvalue weighted by Gasteiger charge is 2.35. The molecule has 1 aromatic rings. The van der Waals surface area contributed by atoms with E-state index in [1.165, 1.54) is 31.2 Å². The molecule has 1 aromatic carbocycles. The summed E-state index contributed by atoms with van der Waals surface area (Å²) in [6, 6.07) is 11.3. The molecule has 0 amide bonds. The van der Waals surface area contributed by atoms with Gasteiger partial charge in [-0.2, -0.15) is 0 Å². The molecule has 1 fully saturated rings. The predicted molar refractivity (Wildman–Crippen MR) is 75.8 cm³/mol. The number of rotatable bonds is 6. The van der Waals surface area contributed by atoms with E-state index in [2.05, 4.69) is 42.6 Å². The van der Waals surface area contributed by atoms with Gasteiger partial charge in [-0.1, -0.05) is 43.2 Å². The van der Waals surface area contributed by atoms with E-state index in [4.69, 9.17) is 5.11 Å². The van der Waals surface area contributed by atoms with Crippen LogP contribution in [0.15, 0.2) is 30.3 Å². The number of benzene rings is 1. The van der Waals surface area contributed by atoms with E-state index in [1.807, 2.05) is 0 Å². The van der Waals surface area contributed by atoms with E-state index >= 15 is 0 Å². The Morgan fingerprint density at radius 2 is 1.89 bits per heavy atom. The summed E-state index contributed by atoms with van der Waals surface area (Å²) in [5.74, 6) is 0. The summed E-state index contributed by atoms with van der Waals surface area (Å²) in [5.41, 5.74) is 1.80. The lowest BCUT2D eigenvalue weighted by atomic mass is 9.78. The van der Waals surface area contributed by atoms with Gasteiger partial charge in [-0.25, -0.2) is 0 Å². The molecule has 0 saturated heterocycles. The monoisotopic (exact) mass is 247 g/mol. The average molecular weight is 247 g/mol. The van der Waals surface area contributed by atoms with Crippen molar-refractivity contribution in [3.63, 3.8) is 0 Å². The average Bonchev–Trinajstić information content (AvgIpc) is 2.88. The molecule has 2 N–H and O–H groups in total. The first-order chi connectivity index (χ1) is 8.77. The topological polar surface area (TPSA) is 32.3 Å². The van der Waals surface area contributed by atoms with Crippen molar-refractivity contribution in [1.29, 1.82) is 0 Å². The zero-order chi connectivity index (χ0) is 12.8. The van der Waals surface area contributed by atoms with Gasteiger partial charge in [0.15, 0.2) is 0 Å². The Morgan fingerprint density at radius 1 is 1.22 bits per heavy atom. The standard InChI is InChI=1S/C16H25NO/c1-14(9-12-18)17-13-16(10-5-6-11-16)15-7-3-2-4-8-15/h2-4,7-8,14,17-18H,5-6,9-13H2,1H3/t14-/m0/s1. The van der Waals surface area contributed by atoms with Crippen molar-refractivity contribution in [2.75, 3.05) is 13.2 Å². The van der Waals surface area contributed by atoms with Gasteiger partial charge in [0.05, 0.1) is 0 Å². The molecule has 0 unspecified atom stereocenters.